The van der Waals surface area contributed by atoms with E-state index in [1.54, 1.807) is 24.3 Å². The van der Waals surface area contributed by atoms with Crippen LogP contribution in [0.3, 0.4) is 0 Å². The average molecular weight is 426 g/mol. The molecule has 0 amide bonds. The van der Waals surface area contributed by atoms with Gasteiger partial charge >= 0.3 is 0 Å². The van der Waals surface area contributed by atoms with Crippen LogP contribution in [-0.4, -0.2) is 37.0 Å². The summed E-state index contributed by atoms with van der Waals surface area (Å²) in [5.74, 6) is 0.262. The number of benzene rings is 2. The molecule has 0 unspecified atom stereocenters. The molecule has 0 heterocycles. The van der Waals surface area contributed by atoms with Gasteiger partial charge in [0.05, 0.1) is 37.6 Å². The molecule has 0 saturated carbocycles. The number of halogens is 2. The maximum Gasteiger partial charge on any atom is 0.182 e. The molecular formula is C21H29Cl2N3O2. The van der Waals surface area contributed by atoms with Crippen LogP contribution in [0.1, 0.15) is 31.7 Å². The Hall–Kier alpha value is -1.66. The molecule has 0 atom stereocenters. The van der Waals surface area contributed by atoms with E-state index in [4.69, 9.17) is 16.3 Å². The lowest BCUT2D eigenvalue weighted by molar-refractivity contribution is -0.922. The molecular weight excluding hydrogens is 397 g/mol. The largest absolute Gasteiger partial charge is 1.00 e. The number of azo groups is 1. The summed E-state index contributed by atoms with van der Waals surface area (Å²) in [7, 11) is 4.17. The Morgan fingerprint density at radius 2 is 1.64 bits per heavy atom. The van der Waals surface area contributed by atoms with Gasteiger partial charge in [-0.1, -0.05) is 31.4 Å². The second kappa shape index (κ2) is 12.0. The molecule has 0 bridgehead atoms. The lowest BCUT2D eigenvalue weighted by atomic mass is 10.1. The van der Waals surface area contributed by atoms with Gasteiger partial charge in [-0.2, -0.15) is 10.2 Å². The number of rotatable bonds is 10. The molecule has 0 spiro atoms. The lowest BCUT2D eigenvalue weighted by Crippen LogP contribution is -3.00. The van der Waals surface area contributed by atoms with Gasteiger partial charge in [-0.15, -0.1) is 0 Å². The van der Waals surface area contributed by atoms with Crippen LogP contribution >= 0.6 is 11.6 Å². The molecule has 0 radical (unpaired) electrons. The van der Waals surface area contributed by atoms with Crippen LogP contribution in [0, 0.1) is 0 Å². The molecule has 1 N–H and O–H groups in total. The summed E-state index contributed by atoms with van der Waals surface area (Å²) in [6, 6.07) is 12.4. The number of phenolic OH excluding ortho intramolecular Hbond substituents is 1. The van der Waals surface area contributed by atoms with Gasteiger partial charge in [0.15, 0.2) is 6.73 Å². The Bertz CT molecular complexity index is 750. The summed E-state index contributed by atoms with van der Waals surface area (Å²) in [5, 5.41) is 19.4. The molecule has 0 aliphatic rings. The van der Waals surface area contributed by atoms with Crippen molar-refractivity contribution in [2.24, 2.45) is 10.2 Å². The Morgan fingerprint density at radius 3 is 2.32 bits per heavy atom. The van der Waals surface area contributed by atoms with E-state index in [9.17, 15) is 5.11 Å². The molecule has 5 nitrogen and oxygen atoms in total. The van der Waals surface area contributed by atoms with Gasteiger partial charge in [-0.3, -0.25) is 0 Å². The van der Waals surface area contributed by atoms with E-state index in [0.717, 1.165) is 24.3 Å². The topological polar surface area (TPSA) is 54.2 Å². The van der Waals surface area contributed by atoms with Crippen molar-refractivity contribution in [3.63, 3.8) is 0 Å². The Kier molecular flexibility index (Phi) is 10.5. The fourth-order valence-electron chi connectivity index (χ4n) is 2.66. The summed E-state index contributed by atoms with van der Waals surface area (Å²) in [4.78, 5) is 0. The molecule has 0 aromatic heterocycles. The molecule has 28 heavy (non-hydrogen) atoms. The summed E-state index contributed by atoms with van der Waals surface area (Å²) >= 11 is 5.88. The average Bonchev–Trinajstić information content (AvgIpc) is 2.63. The maximum absolute atomic E-state index is 10.2. The fourth-order valence-corrected chi connectivity index (χ4v) is 2.78. The molecule has 0 aliphatic carbocycles. The summed E-state index contributed by atoms with van der Waals surface area (Å²) < 4.78 is 6.42. The minimum atomic E-state index is 0. The SMILES string of the molecule is CCCCCOC[N+](C)(C)Cc1cc(N=Nc2ccc(Cl)cc2)ccc1O.[Cl-]. The van der Waals surface area contributed by atoms with Crippen LogP contribution in [0.4, 0.5) is 11.4 Å². The molecule has 0 aliphatic heterocycles. The maximum atomic E-state index is 10.2. The first-order valence-corrected chi connectivity index (χ1v) is 9.66. The first-order chi connectivity index (χ1) is 12.9. The number of aromatic hydroxyl groups is 1. The number of ether oxygens (including phenoxy) is 1. The molecule has 154 valence electrons. The minimum absolute atomic E-state index is 0. The van der Waals surface area contributed by atoms with Crippen LogP contribution in [-0.2, 0) is 11.3 Å². The van der Waals surface area contributed by atoms with Crippen LogP contribution in [0.15, 0.2) is 52.7 Å². The first-order valence-electron chi connectivity index (χ1n) is 9.28. The standard InChI is InChI=1S/C21H28ClN3O2.ClH/c1-4-5-6-13-27-16-25(2,3)15-17-14-20(11-12-21(17)26)24-23-19-9-7-18(22)8-10-19;/h7-12,14H,4-6,13,15-16H2,1-3H3;1H. The molecule has 7 heteroatoms. The van der Waals surface area contributed by atoms with E-state index in [2.05, 4.69) is 31.2 Å². The molecule has 0 fully saturated rings. The van der Waals surface area contributed by atoms with Gasteiger partial charge in [0.1, 0.15) is 12.3 Å². The third-order valence-corrected chi connectivity index (χ3v) is 4.35. The van der Waals surface area contributed by atoms with E-state index in [1.165, 1.54) is 12.8 Å². The zero-order valence-electron chi connectivity index (χ0n) is 16.7. The van der Waals surface area contributed by atoms with Crippen molar-refractivity contribution >= 4 is 23.0 Å². The third-order valence-electron chi connectivity index (χ3n) is 4.10. The highest BCUT2D eigenvalue weighted by atomic mass is 35.5. The Labute approximate surface area is 179 Å². The van der Waals surface area contributed by atoms with Gasteiger partial charge in [-0.05, 0) is 48.9 Å². The van der Waals surface area contributed by atoms with Gasteiger partial charge in [0, 0.05) is 5.02 Å². The van der Waals surface area contributed by atoms with Crippen molar-refractivity contribution < 1.29 is 26.7 Å². The fraction of sp³-hybridized carbons (Fsp3) is 0.429. The van der Waals surface area contributed by atoms with Crippen LogP contribution in [0.25, 0.3) is 0 Å². The normalized spacial score (nSPS) is 11.6. The lowest BCUT2D eigenvalue weighted by Gasteiger charge is -2.29. The molecule has 2 aromatic carbocycles. The molecule has 2 aromatic rings. The summed E-state index contributed by atoms with van der Waals surface area (Å²) in [6.07, 6.45) is 3.46. The van der Waals surface area contributed by atoms with Crippen LogP contribution in [0.5, 0.6) is 5.75 Å². The highest BCUT2D eigenvalue weighted by molar-refractivity contribution is 6.30. The first kappa shape index (κ1) is 24.4. The van der Waals surface area contributed by atoms with Crippen molar-refractivity contribution in [3.05, 3.63) is 53.1 Å². The van der Waals surface area contributed by atoms with Crippen LogP contribution < -0.4 is 12.4 Å². The summed E-state index contributed by atoms with van der Waals surface area (Å²) in [6.45, 7) is 4.19. The number of hydrogen-bond acceptors (Lipinski definition) is 4. The van der Waals surface area contributed by atoms with Crippen molar-refractivity contribution in [2.45, 2.75) is 32.7 Å². The second-order valence-electron chi connectivity index (χ2n) is 7.33. The number of nitrogens with zero attached hydrogens (tertiary/aromatic N) is 3. The predicted octanol–water partition coefficient (Wildman–Crippen LogP) is 3.21. The molecule has 0 saturated heterocycles. The monoisotopic (exact) mass is 425 g/mol. The van der Waals surface area contributed by atoms with Gasteiger partial charge in [0.25, 0.3) is 0 Å². The highest BCUT2D eigenvalue weighted by Gasteiger charge is 2.18. The van der Waals surface area contributed by atoms with Crippen molar-refractivity contribution in [2.75, 3.05) is 27.4 Å². The number of hydrogen-bond donors (Lipinski definition) is 1. The second-order valence-corrected chi connectivity index (χ2v) is 7.76. The third kappa shape index (κ3) is 8.57. The molecule has 2 rings (SSSR count). The van der Waals surface area contributed by atoms with Gasteiger partial charge < -0.3 is 26.7 Å². The number of quaternary nitrogens is 1. The van der Waals surface area contributed by atoms with E-state index in [0.29, 0.717) is 28.5 Å². The van der Waals surface area contributed by atoms with Crippen molar-refractivity contribution in [1.82, 2.24) is 0 Å². The Balaban J connectivity index is 0.00000392. The van der Waals surface area contributed by atoms with Crippen molar-refractivity contribution in [1.29, 1.82) is 0 Å². The smallest absolute Gasteiger partial charge is 0.182 e. The van der Waals surface area contributed by atoms with Gasteiger partial charge in [-0.25, -0.2) is 0 Å². The van der Waals surface area contributed by atoms with E-state index in [-0.39, 0.29) is 18.2 Å². The zero-order chi connectivity index (χ0) is 19.7. The number of unbranched alkanes of at least 4 members (excludes halogenated alkanes) is 2. The minimum Gasteiger partial charge on any atom is -1.00 e. The van der Waals surface area contributed by atoms with E-state index < -0.39 is 0 Å². The van der Waals surface area contributed by atoms with E-state index in [1.807, 2.05) is 18.2 Å². The number of phenols is 1. The van der Waals surface area contributed by atoms with Gasteiger partial charge in [0.2, 0.25) is 0 Å². The Morgan fingerprint density at radius 1 is 1.00 bits per heavy atom. The summed E-state index contributed by atoms with van der Waals surface area (Å²) in [5.41, 5.74) is 2.25. The predicted molar refractivity (Wildman–Crippen MR) is 110 cm³/mol. The quantitative estimate of drug-likeness (QED) is 0.275. The zero-order valence-corrected chi connectivity index (χ0v) is 18.2. The van der Waals surface area contributed by atoms with Crippen LogP contribution in [0.2, 0.25) is 5.02 Å². The van der Waals surface area contributed by atoms with Crippen molar-refractivity contribution in [3.8, 4) is 5.75 Å². The van der Waals surface area contributed by atoms with E-state index >= 15 is 0 Å². The highest BCUT2D eigenvalue weighted by Crippen LogP contribution is 2.27.